The number of thiophene rings is 1. The van der Waals surface area contributed by atoms with E-state index in [2.05, 4.69) is 222 Å². The van der Waals surface area contributed by atoms with Gasteiger partial charge < -0.3 is 9.80 Å². The van der Waals surface area contributed by atoms with Crippen molar-refractivity contribution in [3.05, 3.63) is 135 Å². The normalized spacial score (nSPS) is 18.9. The summed E-state index contributed by atoms with van der Waals surface area (Å²) in [6, 6.07) is 38.4. The first-order valence-electron chi connectivity index (χ1n) is 23.8. The molecule has 324 valence electrons. The van der Waals surface area contributed by atoms with Gasteiger partial charge in [0.1, 0.15) is 0 Å². The molecule has 0 bridgehead atoms. The van der Waals surface area contributed by atoms with E-state index in [1.807, 2.05) is 0 Å². The number of anilines is 6. The van der Waals surface area contributed by atoms with Gasteiger partial charge in [-0.15, -0.1) is 0 Å². The van der Waals surface area contributed by atoms with Crippen LogP contribution in [0.1, 0.15) is 161 Å². The van der Waals surface area contributed by atoms with Crippen LogP contribution in [-0.4, -0.2) is 6.71 Å². The molecule has 0 saturated heterocycles. The van der Waals surface area contributed by atoms with E-state index in [1.54, 1.807) is 10.4 Å². The van der Waals surface area contributed by atoms with E-state index in [-0.39, 0.29) is 39.2 Å². The van der Waals surface area contributed by atoms with E-state index in [1.165, 1.54) is 108 Å². The van der Waals surface area contributed by atoms with E-state index in [0.717, 1.165) is 6.42 Å². The molecule has 4 aliphatic rings. The molecule has 0 spiro atoms. The van der Waals surface area contributed by atoms with Crippen LogP contribution in [0.15, 0.2) is 97.1 Å². The Bertz CT molecular complexity index is 2820. The van der Waals surface area contributed by atoms with Gasteiger partial charge in [-0.3, -0.25) is 0 Å². The highest BCUT2D eigenvalue weighted by atomic mass is 32.1. The largest absolute Gasteiger partial charge is 0.310 e. The SMILES string of the molecule is Cc1cc2c3c(c1)N(c1ccc(C(C)(C)C)cc1-c1ccccc1)c1c(ccc4c1C(C)(C)CCC4(C)C)B3c1sc3c(c1N2c1ccc(C(C)(C)C)cc1)C(C)(C)CCC3(C)C. The van der Waals surface area contributed by atoms with E-state index >= 15 is 0 Å². The zero-order chi connectivity index (χ0) is 45.0. The third-order valence-electron chi connectivity index (χ3n) is 15.8. The molecular weight excluding hydrogens is 780 g/mol. The minimum Gasteiger partial charge on any atom is -0.310 e. The molecule has 6 aromatic rings. The summed E-state index contributed by atoms with van der Waals surface area (Å²) in [4.78, 5) is 7.07. The van der Waals surface area contributed by atoms with Crippen LogP contribution in [0.4, 0.5) is 34.1 Å². The lowest BCUT2D eigenvalue weighted by atomic mass is 9.35. The Morgan fingerprint density at radius 1 is 0.540 bits per heavy atom. The van der Waals surface area contributed by atoms with Gasteiger partial charge in [0, 0.05) is 38.0 Å². The summed E-state index contributed by atoms with van der Waals surface area (Å²) in [5, 5.41) is 0. The summed E-state index contributed by atoms with van der Waals surface area (Å²) in [7, 11) is 0. The molecule has 0 saturated carbocycles. The fourth-order valence-corrected chi connectivity index (χ4v) is 13.5. The predicted molar refractivity (Wildman–Crippen MR) is 276 cm³/mol. The highest BCUT2D eigenvalue weighted by Gasteiger charge is 2.53. The van der Waals surface area contributed by atoms with Gasteiger partial charge in [-0.25, -0.2) is 0 Å². The van der Waals surface area contributed by atoms with Gasteiger partial charge >= 0.3 is 0 Å². The van der Waals surface area contributed by atoms with Gasteiger partial charge in [-0.05, 0) is 151 Å². The lowest BCUT2D eigenvalue weighted by molar-refractivity contribution is 0.333. The topological polar surface area (TPSA) is 6.48 Å². The first-order valence-corrected chi connectivity index (χ1v) is 24.6. The quantitative estimate of drug-likeness (QED) is 0.163. The molecule has 0 unspecified atom stereocenters. The Morgan fingerprint density at radius 3 is 1.75 bits per heavy atom. The Labute approximate surface area is 384 Å². The van der Waals surface area contributed by atoms with Crippen molar-refractivity contribution in [2.24, 2.45) is 0 Å². The molecule has 5 aromatic carbocycles. The summed E-state index contributed by atoms with van der Waals surface area (Å²) >= 11 is 2.14. The minimum atomic E-state index is -0.0200. The number of nitrogens with zero attached hydrogens (tertiary/aromatic N) is 2. The van der Waals surface area contributed by atoms with Crippen molar-refractivity contribution in [2.45, 2.75) is 162 Å². The molecule has 0 radical (unpaired) electrons. The summed E-state index contributed by atoms with van der Waals surface area (Å²) in [6.07, 6.45) is 4.71. The van der Waals surface area contributed by atoms with Crippen molar-refractivity contribution in [3.63, 3.8) is 0 Å². The van der Waals surface area contributed by atoms with Crippen LogP contribution >= 0.6 is 11.3 Å². The van der Waals surface area contributed by atoms with E-state index < -0.39 is 0 Å². The highest BCUT2D eigenvalue weighted by molar-refractivity contribution is 7.29. The fraction of sp³-hybridized carbons (Fsp3) is 0.424. The number of rotatable bonds is 3. The molecule has 0 amide bonds. The Balaban J connectivity index is 1.38. The number of fused-ring (bicyclic) bond motifs is 8. The molecule has 2 aliphatic heterocycles. The Kier molecular flexibility index (Phi) is 9.25. The molecule has 10 rings (SSSR count). The average Bonchev–Trinajstić information content (AvgIpc) is 3.63. The summed E-state index contributed by atoms with van der Waals surface area (Å²) in [5.74, 6) is 0. The van der Waals surface area contributed by atoms with Gasteiger partial charge in [-0.2, -0.15) is 11.3 Å². The Morgan fingerprint density at radius 2 is 1.11 bits per heavy atom. The number of hydrogen-bond acceptors (Lipinski definition) is 3. The van der Waals surface area contributed by atoms with Gasteiger partial charge in [-0.1, -0.05) is 158 Å². The van der Waals surface area contributed by atoms with Crippen molar-refractivity contribution >= 4 is 67.9 Å². The predicted octanol–water partition coefficient (Wildman–Crippen LogP) is 15.1. The molecule has 2 nitrogen and oxygen atoms in total. The van der Waals surface area contributed by atoms with Gasteiger partial charge in [0.05, 0.1) is 11.4 Å². The molecule has 0 fully saturated rings. The maximum Gasteiger partial charge on any atom is 0.264 e. The van der Waals surface area contributed by atoms with Gasteiger partial charge in [0.15, 0.2) is 0 Å². The van der Waals surface area contributed by atoms with Crippen LogP contribution < -0.4 is 25.5 Å². The number of benzene rings is 5. The second kappa shape index (κ2) is 13.7. The average molecular weight is 849 g/mol. The third kappa shape index (κ3) is 6.46. The van der Waals surface area contributed by atoms with Crippen molar-refractivity contribution in [1.82, 2.24) is 0 Å². The molecule has 3 heterocycles. The monoisotopic (exact) mass is 849 g/mol. The van der Waals surface area contributed by atoms with Crippen molar-refractivity contribution in [2.75, 3.05) is 9.80 Å². The summed E-state index contributed by atoms with van der Waals surface area (Å²) in [6.45, 7) is 36.6. The van der Waals surface area contributed by atoms with Crippen LogP contribution in [0.25, 0.3) is 11.1 Å². The Hall–Kier alpha value is -4.54. The van der Waals surface area contributed by atoms with Crippen LogP contribution in [-0.2, 0) is 32.5 Å². The molecule has 4 heteroatoms. The second-order valence-electron chi connectivity index (χ2n) is 24.4. The first-order chi connectivity index (χ1) is 29.4. The van der Waals surface area contributed by atoms with E-state index in [0.29, 0.717) is 0 Å². The third-order valence-corrected chi connectivity index (χ3v) is 17.4. The standard InChI is InChI=1S/C59H69BN2S/c1-36-33-45-49-46(34-36)62(44-28-23-39(55(5,6)7)35-41(44)37-19-17-16-18-20-37)50-43(27-26-42-47(50)57(10,11)30-29-56(42,8)9)60(49)53-51(48-52(63-53)59(14,15)32-31-58(48,12)13)61(45)40-24-21-38(22-25-40)54(2,3)4/h16-28,33-35H,29-32H2,1-15H3. The first kappa shape index (κ1) is 42.4. The fourth-order valence-electron chi connectivity index (χ4n) is 11.8. The summed E-state index contributed by atoms with van der Waals surface area (Å²) < 4.78 is 1.51. The molecular formula is C59H69BN2S. The van der Waals surface area contributed by atoms with E-state index in [4.69, 9.17) is 0 Å². The van der Waals surface area contributed by atoms with Crippen LogP contribution in [0.2, 0.25) is 0 Å². The maximum atomic E-state index is 2.77. The molecule has 63 heavy (non-hydrogen) atoms. The maximum absolute atomic E-state index is 2.77. The van der Waals surface area contributed by atoms with Crippen molar-refractivity contribution in [3.8, 4) is 11.1 Å². The zero-order valence-electron chi connectivity index (χ0n) is 40.9. The van der Waals surface area contributed by atoms with Crippen molar-refractivity contribution in [1.29, 1.82) is 0 Å². The molecule has 0 N–H and O–H groups in total. The minimum absolute atomic E-state index is 0.0000803. The van der Waals surface area contributed by atoms with Gasteiger partial charge in [0.2, 0.25) is 0 Å². The smallest absolute Gasteiger partial charge is 0.264 e. The van der Waals surface area contributed by atoms with Gasteiger partial charge in [0.25, 0.3) is 6.71 Å². The number of aryl methyl sites for hydroxylation is 1. The zero-order valence-corrected chi connectivity index (χ0v) is 41.8. The molecule has 0 atom stereocenters. The van der Waals surface area contributed by atoms with Crippen molar-refractivity contribution < 1.29 is 0 Å². The lowest BCUT2D eigenvalue weighted by Gasteiger charge is -2.49. The van der Waals surface area contributed by atoms with E-state index in [9.17, 15) is 0 Å². The summed E-state index contributed by atoms with van der Waals surface area (Å²) in [5.41, 5.74) is 22.3. The highest BCUT2D eigenvalue weighted by Crippen LogP contribution is 2.58. The number of hydrogen-bond donors (Lipinski definition) is 0. The van der Waals surface area contributed by atoms with Crippen LogP contribution in [0.5, 0.6) is 0 Å². The second-order valence-corrected chi connectivity index (χ2v) is 25.5. The molecule has 1 aromatic heterocycles. The molecule has 2 aliphatic carbocycles. The lowest BCUT2D eigenvalue weighted by Crippen LogP contribution is -2.61. The van der Waals surface area contributed by atoms with Crippen LogP contribution in [0, 0.1) is 6.92 Å². The van der Waals surface area contributed by atoms with Crippen LogP contribution in [0.3, 0.4) is 0 Å².